The highest BCUT2D eigenvalue weighted by molar-refractivity contribution is 6.04. The van der Waals surface area contributed by atoms with Gasteiger partial charge in [-0.15, -0.1) is 0 Å². The first kappa shape index (κ1) is 18.2. The number of methoxy groups -OCH3 is 1. The summed E-state index contributed by atoms with van der Waals surface area (Å²) < 4.78 is 5.60. The van der Waals surface area contributed by atoms with Crippen molar-refractivity contribution in [1.29, 1.82) is 5.26 Å². The Bertz CT molecular complexity index is 708. The molecule has 24 heavy (non-hydrogen) atoms. The molecular weight excluding hydrogens is 302 g/mol. The predicted octanol–water partition coefficient (Wildman–Crippen LogP) is 3.02. The van der Waals surface area contributed by atoms with Crippen LogP contribution in [0.4, 0.5) is 0 Å². The lowest BCUT2D eigenvalue weighted by Gasteiger charge is -2.40. The lowest BCUT2D eigenvalue weighted by molar-refractivity contribution is -0.113. The van der Waals surface area contributed by atoms with Gasteiger partial charge in [0.25, 0.3) is 0 Å². The number of ketones is 1. The van der Waals surface area contributed by atoms with Crippen molar-refractivity contribution in [1.82, 2.24) is 9.88 Å². The number of carbonyl (C=O) groups excluding carboxylic acids is 1. The number of ether oxygens (including phenoxy) is 1. The van der Waals surface area contributed by atoms with Crippen molar-refractivity contribution in [2.75, 3.05) is 20.2 Å². The normalized spacial score (nSPS) is 17.9. The zero-order valence-electron chi connectivity index (χ0n) is 15.1. The van der Waals surface area contributed by atoms with Crippen LogP contribution in [-0.2, 0) is 9.53 Å². The van der Waals surface area contributed by atoms with E-state index in [-0.39, 0.29) is 17.0 Å². The third-order valence-electron chi connectivity index (χ3n) is 4.79. The first-order chi connectivity index (χ1) is 11.3. The molecule has 0 saturated carbocycles. The van der Waals surface area contributed by atoms with Crippen molar-refractivity contribution < 1.29 is 9.53 Å². The van der Waals surface area contributed by atoms with Crippen molar-refractivity contribution in [3.05, 3.63) is 34.7 Å². The average molecular weight is 327 g/mol. The van der Waals surface area contributed by atoms with Crippen LogP contribution >= 0.6 is 0 Å². The summed E-state index contributed by atoms with van der Waals surface area (Å²) in [5.74, 6) is -0.227. The number of allylic oxidation sites excluding steroid dienone is 1. The number of nitrogens with zero attached hydrogens (tertiary/aromatic N) is 3. The van der Waals surface area contributed by atoms with Crippen LogP contribution in [0.25, 0.3) is 5.70 Å². The van der Waals surface area contributed by atoms with Crippen molar-refractivity contribution in [2.24, 2.45) is 0 Å². The summed E-state index contributed by atoms with van der Waals surface area (Å²) in [6, 6.07) is 6.02. The average Bonchev–Trinajstić information content (AvgIpc) is 2.56. The van der Waals surface area contributed by atoms with Gasteiger partial charge in [0.15, 0.2) is 5.78 Å². The van der Waals surface area contributed by atoms with Crippen molar-refractivity contribution in [2.45, 2.75) is 46.1 Å². The number of likely N-dealkylation sites (tertiary alicyclic amines) is 1. The summed E-state index contributed by atoms with van der Waals surface area (Å²) in [5.41, 5.74) is 3.24. The van der Waals surface area contributed by atoms with Crippen LogP contribution in [0.1, 0.15) is 43.6 Å². The van der Waals surface area contributed by atoms with Gasteiger partial charge in [-0.3, -0.25) is 9.78 Å². The minimum Gasteiger partial charge on any atom is -0.378 e. The summed E-state index contributed by atoms with van der Waals surface area (Å²) in [4.78, 5) is 18.8. The lowest BCUT2D eigenvalue weighted by Crippen LogP contribution is -2.43. The number of Topliss-reactive ketones (excluding diaryl/α,β-unsaturated/α-hetero) is 1. The van der Waals surface area contributed by atoms with E-state index >= 15 is 0 Å². The third kappa shape index (κ3) is 3.65. The quantitative estimate of drug-likeness (QED) is 0.628. The molecule has 0 amide bonds. The maximum Gasteiger partial charge on any atom is 0.172 e. The Kier molecular flexibility index (Phi) is 5.40. The summed E-state index contributed by atoms with van der Waals surface area (Å²) in [7, 11) is 1.73. The van der Waals surface area contributed by atoms with Gasteiger partial charge in [-0.05, 0) is 52.2 Å². The van der Waals surface area contributed by atoms with E-state index in [2.05, 4.69) is 22.9 Å². The second-order valence-corrected chi connectivity index (χ2v) is 6.65. The minimum atomic E-state index is -0.227. The number of pyridine rings is 1. The van der Waals surface area contributed by atoms with Crippen LogP contribution in [0.3, 0.4) is 0 Å². The molecule has 0 aliphatic carbocycles. The standard InChI is InChI=1S/C19H25N3O2/c1-13-6-7-14(2)21-17(13)18(16(12-20)15(3)23)22-10-8-19(4,24-5)9-11-22/h6-7H,8-11H2,1-5H3/b18-16+. The number of hydrogen-bond donors (Lipinski definition) is 0. The Morgan fingerprint density at radius 2 is 1.96 bits per heavy atom. The SMILES string of the molecule is COC1(C)CCN(/C(=C(\C#N)C(C)=O)c2nc(C)ccc2C)CC1. The first-order valence-corrected chi connectivity index (χ1v) is 8.21. The zero-order valence-corrected chi connectivity index (χ0v) is 15.1. The number of hydrogen-bond acceptors (Lipinski definition) is 5. The van der Waals surface area contributed by atoms with Crippen LogP contribution < -0.4 is 0 Å². The van der Waals surface area contributed by atoms with Gasteiger partial charge in [-0.25, -0.2) is 0 Å². The maximum atomic E-state index is 12.1. The maximum absolute atomic E-state index is 12.1. The van der Waals surface area contributed by atoms with E-state index in [0.717, 1.165) is 42.9 Å². The Hall–Kier alpha value is -2.19. The number of aromatic nitrogens is 1. The van der Waals surface area contributed by atoms with Crippen LogP contribution in [0.5, 0.6) is 0 Å². The largest absolute Gasteiger partial charge is 0.378 e. The van der Waals surface area contributed by atoms with Gasteiger partial charge < -0.3 is 9.64 Å². The fourth-order valence-electron chi connectivity index (χ4n) is 3.00. The van der Waals surface area contributed by atoms with Crippen LogP contribution in [0, 0.1) is 25.2 Å². The van der Waals surface area contributed by atoms with Gasteiger partial charge in [0, 0.05) is 25.9 Å². The second kappa shape index (κ2) is 7.14. The molecule has 128 valence electrons. The number of aryl methyl sites for hydroxylation is 2. The first-order valence-electron chi connectivity index (χ1n) is 8.21. The van der Waals surface area contributed by atoms with Crippen LogP contribution in [0.2, 0.25) is 0 Å². The summed E-state index contributed by atoms with van der Waals surface area (Å²) in [5, 5.41) is 9.56. The molecule has 0 spiro atoms. The van der Waals surface area contributed by atoms with Gasteiger partial charge >= 0.3 is 0 Å². The molecule has 0 radical (unpaired) electrons. The lowest BCUT2D eigenvalue weighted by atomic mass is 9.91. The highest BCUT2D eigenvalue weighted by Crippen LogP contribution is 2.32. The topological polar surface area (TPSA) is 66.2 Å². The number of nitriles is 1. The van der Waals surface area contributed by atoms with Crippen LogP contribution in [-0.4, -0.2) is 41.5 Å². The van der Waals surface area contributed by atoms with Crippen LogP contribution in [0.15, 0.2) is 17.7 Å². The number of rotatable bonds is 4. The molecule has 1 aromatic heterocycles. The summed E-state index contributed by atoms with van der Waals surface area (Å²) in [6.07, 6.45) is 1.68. The molecule has 0 atom stereocenters. The van der Waals surface area contributed by atoms with E-state index in [1.807, 2.05) is 26.0 Å². The molecule has 1 aliphatic heterocycles. The molecule has 0 aromatic carbocycles. The van der Waals surface area contributed by atoms with E-state index in [1.165, 1.54) is 6.92 Å². The molecule has 0 bridgehead atoms. The van der Waals surface area contributed by atoms with E-state index in [0.29, 0.717) is 5.70 Å². The molecule has 0 unspecified atom stereocenters. The molecule has 1 saturated heterocycles. The highest BCUT2D eigenvalue weighted by atomic mass is 16.5. The molecule has 1 fully saturated rings. The highest BCUT2D eigenvalue weighted by Gasteiger charge is 2.33. The third-order valence-corrected chi connectivity index (χ3v) is 4.79. The Morgan fingerprint density at radius 3 is 2.46 bits per heavy atom. The molecule has 0 N–H and O–H groups in total. The molecule has 1 aromatic rings. The van der Waals surface area contributed by atoms with E-state index in [1.54, 1.807) is 7.11 Å². The van der Waals surface area contributed by atoms with Gasteiger partial charge in [0.1, 0.15) is 11.6 Å². The van der Waals surface area contributed by atoms with Crippen molar-refractivity contribution in [3.8, 4) is 6.07 Å². The Labute approximate surface area is 143 Å². The Balaban J connectivity index is 2.53. The molecule has 2 heterocycles. The fourth-order valence-corrected chi connectivity index (χ4v) is 3.00. The van der Waals surface area contributed by atoms with Gasteiger partial charge in [-0.2, -0.15) is 5.26 Å². The molecule has 5 heteroatoms. The van der Waals surface area contributed by atoms with Gasteiger partial charge in [0.05, 0.1) is 17.0 Å². The monoisotopic (exact) mass is 327 g/mol. The van der Waals surface area contributed by atoms with E-state index in [9.17, 15) is 10.1 Å². The number of piperidine rings is 1. The van der Waals surface area contributed by atoms with E-state index in [4.69, 9.17) is 4.74 Å². The molecular formula is C19H25N3O2. The Morgan fingerprint density at radius 1 is 1.33 bits per heavy atom. The van der Waals surface area contributed by atoms with Gasteiger partial charge in [-0.1, -0.05) is 6.07 Å². The van der Waals surface area contributed by atoms with Crippen molar-refractivity contribution >= 4 is 11.5 Å². The predicted molar refractivity (Wildman–Crippen MR) is 93.1 cm³/mol. The summed E-state index contributed by atoms with van der Waals surface area (Å²) in [6.45, 7) is 8.87. The molecule has 2 rings (SSSR count). The molecule has 5 nitrogen and oxygen atoms in total. The number of carbonyl (C=O) groups is 1. The van der Waals surface area contributed by atoms with Crippen molar-refractivity contribution in [3.63, 3.8) is 0 Å². The minimum absolute atomic E-state index is 0.153. The summed E-state index contributed by atoms with van der Waals surface area (Å²) >= 11 is 0. The smallest absolute Gasteiger partial charge is 0.172 e. The van der Waals surface area contributed by atoms with Gasteiger partial charge in [0.2, 0.25) is 0 Å². The second-order valence-electron chi connectivity index (χ2n) is 6.65. The zero-order chi connectivity index (χ0) is 17.9. The fraction of sp³-hybridized carbons (Fsp3) is 0.526. The van der Waals surface area contributed by atoms with E-state index < -0.39 is 0 Å². The molecule has 1 aliphatic rings.